The van der Waals surface area contributed by atoms with E-state index in [0.717, 1.165) is 13.1 Å². The van der Waals surface area contributed by atoms with Crippen LogP contribution in [0.1, 0.15) is 12.0 Å². The van der Waals surface area contributed by atoms with Crippen LogP contribution in [-0.2, 0) is 16.1 Å². The molecule has 0 saturated carbocycles. The summed E-state index contributed by atoms with van der Waals surface area (Å²) in [7, 11) is 1.62. The molecule has 110 valence electrons. The minimum absolute atomic E-state index is 0.522. The average molecular weight is 278 g/mol. The van der Waals surface area contributed by atoms with Crippen LogP contribution in [0.15, 0.2) is 30.3 Å². The number of methoxy groups -OCH3 is 1. The molecule has 1 aromatic carbocycles. The van der Waals surface area contributed by atoms with Crippen molar-refractivity contribution in [3.05, 3.63) is 35.9 Å². The van der Waals surface area contributed by atoms with E-state index in [-0.39, 0.29) is 0 Å². The van der Waals surface area contributed by atoms with Crippen molar-refractivity contribution >= 4 is 5.97 Å². The number of benzene rings is 1. The van der Waals surface area contributed by atoms with Crippen molar-refractivity contribution in [1.82, 2.24) is 10.2 Å². The van der Waals surface area contributed by atoms with E-state index in [4.69, 9.17) is 4.74 Å². The van der Waals surface area contributed by atoms with Gasteiger partial charge in [-0.05, 0) is 12.0 Å². The minimum Gasteiger partial charge on any atom is -0.480 e. The average Bonchev–Trinajstić information content (AvgIpc) is 2.85. The lowest BCUT2D eigenvalue weighted by molar-refractivity contribution is -0.144. The Morgan fingerprint density at radius 1 is 1.45 bits per heavy atom. The molecule has 2 N–H and O–H groups in total. The van der Waals surface area contributed by atoms with Crippen molar-refractivity contribution in [3.8, 4) is 0 Å². The molecule has 0 aliphatic carbocycles. The molecule has 1 aromatic rings. The first kappa shape index (κ1) is 15.0. The van der Waals surface area contributed by atoms with E-state index in [2.05, 4.69) is 22.3 Å². The Labute approximate surface area is 119 Å². The van der Waals surface area contributed by atoms with Gasteiger partial charge in [-0.3, -0.25) is 15.0 Å². The number of nitrogens with zero attached hydrogens (tertiary/aromatic N) is 1. The fraction of sp³-hybridized carbons (Fsp3) is 0.533. The summed E-state index contributed by atoms with van der Waals surface area (Å²) in [5, 5.41) is 12.7. The van der Waals surface area contributed by atoms with Crippen molar-refractivity contribution < 1.29 is 14.6 Å². The molecular formula is C15H22N2O3. The maximum Gasteiger partial charge on any atom is 0.325 e. The molecule has 0 amide bonds. The standard InChI is InChI=1S/C15H22N2O3/c1-20-10-8-16-15(14(18)19)7-9-17(12-15)11-13-5-3-2-4-6-13/h2-6,16H,7-12H2,1H3,(H,18,19). The predicted octanol–water partition coefficient (Wildman–Crippen LogP) is 0.952. The molecule has 0 bridgehead atoms. The van der Waals surface area contributed by atoms with E-state index < -0.39 is 11.5 Å². The van der Waals surface area contributed by atoms with Gasteiger partial charge < -0.3 is 9.84 Å². The number of carboxylic acids is 1. The lowest BCUT2D eigenvalue weighted by atomic mass is 9.99. The van der Waals surface area contributed by atoms with Crippen molar-refractivity contribution in [3.63, 3.8) is 0 Å². The fourth-order valence-corrected chi connectivity index (χ4v) is 2.65. The van der Waals surface area contributed by atoms with E-state index in [0.29, 0.717) is 26.1 Å². The third-order valence-corrected chi connectivity index (χ3v) is 3.78. The van der Waals surface area contributed by atoms with Crippen LogP contribution in [0.4, 0.5) is 0 Å². The third kappa shape index (κ3) is 3.56. The summed E-state index contributed by atoms with van der Waals surface area (Å²) in [6.07, 6.45) is 0.624. The molecule has 1 fully saturated rings. The second kappa shape index (κ2) is 6.83. The molecule has 1 atom stereocenters. The van der Waals surface area contributed by atoms with Gasteiger partial charge in [0, 0.05) is 33.3 Å². The largest absolute Gasteiger partial charge is 0.480 e. The van der Waals surface area contributed by atoms with Crippen LogP contribution in [0.25, 0.3) is 0 Å². The highest BCUT2D eigenvalue weighted by molar-refractivity contribution is 5.79. The number of hydrogen-bond acceptors (Lipinski definition) is 4. The van der Waals surface area contributed by atoms with Crippen LogP contribution in [0.5, 0.6) is 0 Å². The molecule has 0 spiro atoms. The van der Waals surface area contributed by atoms with Gasteiger partial charge in [0.25, 0.3) is 0 Å². The van der Waals surface area contributed by atoms with Crippen LogP contribution in [0.3, 0.4) is 0 Å². The summed E-state index contributed by atoms with van der Waals surface area (Å²) < 4.78 is 4.98. The molecule has 1 aliphatic heterocycles. The Morgan fingerprint density at radius 2 is 2.20 bits per heavy atom. The molecule has 1 heterocycles. The first-order valence-corrected chi connectivity index (χ1v) is 6.90. The van der Waals surface area contributed by atoms with Gasteiger partial charge in [0.2, 0.25) is 0 Å². The number of likely N-dealkylation sites (tertiary alicyclic amines) is 1. The van der Waals surface area contributed by atoms with Crippen LogP contribution in [0.2, 0.25) is 0 Å². The molecule has 0 aromatic heterocycles. The van der Waals surface area contributed by atoms with Crippen LogP contribution < -0.4 is 5.32 Å². The molecule has 5 nitrogen and oxygen atoms in total. The zero-order chi connectivity index (χ0) is 14.4. The summed E-state index contributed by atoms with van der Waals surface area (Å²) in [5.41, 5.74) is 0.374. The molecule has 1 saturated heterocycles. The van der Waals surface area contributed by atoms with Crippen LogP contribution >= 0.6 is 0 Å². The van der Waals surface area contributed by atoms with Gasteiger partial charge in [-0.25, -0.2) is 0 Å². The number of nitrogens with one attached hydrogen (secondary N) is 1. The highest BCUT2D eigenvalue weighted by Crippen LogP contribution is 2.23. The Balaban J connectivity index is 1.95. The maximum atomic E-state index is 11.6. The van der Waals surface area contributed by atoms with Crippen molar-refractivity contribution in [2.45, 2.75) is 18.5 Å². The number of carbonyl (C=O) groups is 1. The minimum atomic E-state index is -0.840. The van der Waals surface area contributed by atoms with Crippen molar-refractivity contribution in [2.75, 3.05) is 33.4 Å². The number of hydrogen-bond donors (Lipinski definition) is 2. The van der Waals surface area contributed by atoms with E-state index in [9.17, 15) is 9.90 Å². The zero-order valence-corrected chi connectivity index (χ0v) is 11.8. The number of ether oxygens (including phenoxy) is 1. The van der Waals surface area contributed by atoms with E-state index in [1.165, 1.54) is 5.56 Å². The van der Waals surface area contributed by atoms with Gasteiger partial charge in [-0.1, -0.05) is 30.3 Å². The Hall–Kier alpha value is -1.43. The number of rotatable bonds is 7. The van der Waals surface area contributed by atoms with E-state index in [1.807, 2.05) is 18.2 Å². The van der Waals surface area contributed by atoms with Gasteiger partial charge in [0.05, 0.1) is 6.61 Å². The Bertz CT molecular complexity index is 438. The van der Waals surface area contributed by atoms with Gasteiger partial charge in [-0.2, -0.15) is 0 Å². The number of aliphatic carboxylic acids is 1. The smallest absolute Gasteiger partial charge is 0.325 e. The Morgan fingerprint density at radius 3 is 2.85 bits per heavy atom. The highest BCUT2D eigenvalue weighted by Gasteiger charge is 2.44. The number of carboxylic acid groups (broad SMARTS) is 1. The molecule has 20 heavy (non-hydrogen) atoms. The zero-order valence-electron chi connectivity index (χ0n) is 11.8. The quantitative estimate of drug-likeness (QED) is 0.727. The van der Waals surface area contributed by atoms with E-state index >= 15 is 0 Å². The summed E-state index contributed by atoms with van der Waals surface area (Å²) in [5.74, 6) is -0.774. The van der Waals surface area contributed by atoms with Crippen molar-refractivity contribution in [1.29, 1.82) is 0 Å². The second-order valence-electron chi connectivity index (χ2n) is 5.25. The lowest BCUT2D eigenvalue weighted by Crippen LogP contribution is -2.54. The topological polar surface area (TPSA) is 61.8 Å². The monoisotopic (exact) mass is 278 g/mol. The second-order valence-corrected chi connectivity index (χ2v) is 5.25. The van der Waals surface area contributed by atoms with Crippen molar-refractivity contribution in [2.24, 2.45) is 0 Å². The summed E-state index contributed by atoms with van der Waals surface area (Å²) >= 11 is 0. The van der Waals surface area contributed by atoms with Crippen LogP contribution in [-0.4, -0.2) is 54.9 Å². The molecule has 2 rings (SSSR count). The van der Waals surface area contributed by atoms with E-state index in [1.54, 1.807) is 7.11 Å². The predicted molar refractivity (Wildman–Crippen MR) is 76.6 cm³/mol. The molecule has 0 radical (unpaired) electrons. The van der Waals surface area contributed by atoms with Crippen LogP contribution in [0, 0.1) is 0 Å². The normalized spacial score (nSPS) is 23.1. The molecule has 1 aliphatic rings. The summed E-state index contributed by atoms with van der Waals surface area (Å²) in [6, 6.07) is 10.1. The molecule has 5 heteroatoms. The summed E-state index contributed by atoms with van der Waals surface area (Å²) in [6.45, 7) is 3.19. The third-order valence-electron chi connectivity index (χ3n) is 3.78. The molecular weight excluding hydrogens is 256 g/mol. The summed E-state index contributed by atoms with van der Waals surface area (Å²) in [4.78, 5) is 13.8. The Kier molecular flexibility index (Phi) is 5.11. The first-order valence-electron chi connectivity index (χ1n) is 6.90. The highest BCUT2D eigenvalue weighted by atomic mass is 16.5. The molecule has 1 unspecified atom stereocenters. The SMILES string of the molecule is COCCNC1(C(=O)O)CCN(Cc2ccccc2)C1. The van der Waals surface area contributed by atoms with Gasteiger partial charge in [0.15, 0.2) is 0 Å². The first-order chi connectivity index (χ1) is 9.66. The maximum absolute atomic E-state index is 11.6. The van der Waals surface area contributed by atoms with Gasteiger partial charge >= 0.3 is 5.97 Å². The lowest BCUT2D eigenvalue weighted by Gasteiger charge is -2.26. The fourth-order valence-electron chi connectivity index (χ4n) is 2.65. The van der Waals surface area contributed by atoms with Gasteiger partial charge in [0.1, 0.15) is 5.54 Å². The van der Waals surface area contributed by atoms with Gasteiger partial charge in [-0.15, -0.1) is 0 Å².